The van der Waals surface area contributed by atoms with Gasteiger partial charge in [-0.2, -0.15) is 5.10 Å². The molecule has 0 radical (unpaired) electrons. The topological polar surface area (TPSA) is 109 Å². The van der Waals surface area contributed by atoms with Gasteiger partial charge in [-0.05, 0) is 67.4 Å². The number of hydrogen-bond donors (Lipinski definition) is 3. The first kappa shape index (κ1) is 24.7. The molecule has 0 aliphatic rings. The fraction of sp³-hybridized carbons (Fsp3) is 0.120. The van der Waals surface area contributed by atoms with E-state index in [1.807, 2.05) is 38.1 Å². The Bertz CT molecular complexity index is 1230. The fourth-order valence-corrected chi connectivity index (χ4v) is 3.21. The molecule has 8 nitrogen and oxygen atoms in total. The van der Waals surface area contributed by atoms with Crippen LogP contribution in [-0.4, -0.2) is 30.5 Å². The summed E-state index contributed by atoms with van der Waals surface area (Å²) in [6, 6.07) is 19.5. The normalized spacial score (nSPS) is 10.6. The first-order valence-corrected chi connectivity index (χ1v) is 11.1. The van der Waals surface area contributed by atoms with E-state index in [2.05, 4.69) is 37.1 Å². The molecule has 174 valence electrons. The fourth-order valence-electron chi connectivity index (χ4n) is 2.83. The van der Waals surface area contributed by atoms with Crippen LogP contribution in [0.5, 0.6) is 5.75 Å². The summed E-state index contributed by atoms with van der Waals surface area (Å²) in [7, 11) is 0. The minimum Gasteiger partial charge on any atom is -0.483 e. The van der Waals surface area contributed by atoms with E-state index >= 15 is 0 Å². The van der Waals surface area contributed by atoms with Crippen molar-refractivity contribution in [1.29, 1.82) is 0 Å². The summed E-state index contributed by atoms with van der Waals surface area (Å²) in [6.07, 6.45) is 1.33. The summed E-state index contributed by atoms with van der Waals surface area (Å²) >= 11 is 3.36. The lowest BCUT2D eigenvalue weighted by Crippen LogP contribution is -2.32. The van der Waals surface area contributed by atoms with Crippen molar-refractivity contribution in [1.82, 2.24) is 5.43 Å². The molecule has 0 spiro atoms. The van der Waals surface area contributed by atoms with Crippen LogP contribution in [0.25, 0.3) is 0 Å². The van der Waals surface area contributed by atoms with Gasteiger partial charge < -0.3 is 15.4 Å². The molecule has 0 aromatic heterocycles. The second-order valence-corrected chi connectivity index (χ2v) is 8.25. The van der Waals surface area contributed by atoms with Crippen molar-refractivity contribution in [2.45, 2.75) is 13.8 Å². The maximum Gasteiger partial charge on any atom is 0.329 e. The zero-order chi connectivity index (χ0) is 24.5. The van der Waals surface area contributed by atoms with E-state index in [-0.39, 0.29) is 12.5 Å². The highest BCUT2D eigenvalue weighted by atomic mass is 79.9. The van der Waals surface area contributed by atoms with Crippen molar-refractivity contribution in [2.75, 3.05) is 17.2 Å². The summed E-state index contributed by atoms with van der Waals surface area (Å²) in [6.45, 7) is 3.65. The first-order valence-electron chi connectivity index (χ1n) is 10.3. The number of rotatable bonds is 7. The van der Waals surface area contributed by atoms with Gasteiger partial charge in [-0.25, -0.2) is 5.43 Å². The van der Waals surface area contributed by atoms with Gasteiger partial charge in [0, 0.05) is 21.4 Å². The number of aryl methyl sites for hydroxylation is 2. The monoisotopic (exact) mass is 522 g/mol. The van der Waals surface area contributed by atoms with Gasteiger partial charge in [0.1, 0.15) is 5.75 Å². The quantitative estimate of drug-likeness (QED) is 0.245. The number of ether oxygens (including phenoxy) is 1. The molecule has 0 fully saturated rings. The third-order valence-corrected chi connectivity index (χ3v) is 5.22. The highest BCUT2D eigenvalue weighted by molar-refractivity contribution is 9.10. The van der Waals surface area contributed by atoms with E-state index in [1.165, 1.54) is 6.21 Å². The van der Waals surface area contributed by atoms with Gasteiger partial charge in [0.05, 0.1) is 6.21 Å². The number of benzene rings is 3. The minimum atomic E-state index is -0.922. The molecule has 0 atom stereocenters. The second-order valence-electron chi connectivity index (χ2n) is 7.34. The van der Waals surface area contributed by atoms with Gasteiger partial charge in [-0.15, -0.1) is 0 Å². The number of carbonyl (C=O) groups is 3. The largest absolute Gasteiger partial charge is 0.483 e. The van der Waals surface area contributed by atoms with Crippen molar-refractivity contribution in [2.24, 2.45) is 5.10 Å². The van der Waals surface area contributed by atoms with E-state index in [9.17, 15) is 14.4 Å². The molecular formula is C25H23BrN4O4. The molecule has 3 rings (SSSR count). The lowest BCUT2D eigenvalue weighted by Gasteiger charge is -2.10. The molecule has 0 heterocycles. The van der Waals surface area contributed by atoms with Crippen LogP contribution in [0, 0.1) is 13.8 Å². The van der Waals surface area contributed by atoms with Crippen LogP contribution < -0.4 is 20.8 Å². The Morgan fingerprint density at radius 2 is 1.65 bits per heavy atom. The standard InChI is InChI=1S/C25H23BrN4O4/c1-16-8-10-21(12-17(16)2)29-24(32)25(33)30-27-14-18-13-19(26)9-11-22(18)34-15-23(31)28-20-6-4-3-5-7-20/h3-14H,15H2,1-2H3,(H,28,31)(H,29,32)(H,30,33)/b27-14-. The summed E-state index contributed by atoms with van der Waals surface area (Å²) in [4.78, 5) is 36.4. The predicted molar refractivity (Wildman–Crippen MR) is 135 cm³/mol. The average Bonchev–Trinajstić information content (AvgIpc) is 2.81. The summed E-state index contributed by atoms with van der Waals surface area (Å²) in [5.41, 5.74) is 5.94. The smallest absolute Gasteiger partial charge is 0.329 e. The van der Waals surface area contributed by atoms with Gasteiger partial charge in [0.15, 0.2) is 6.61 Å². The number of hydrazone groups is 1. The number of hydrogen-bond acceptors (Lipinski definition) is 5. The molecule has 0 saturated heterocycles. The number of carbonyl (C=O) groups excluding carboxylic acids is 3. The highest BCUT2D eigenvalue weighted by Gasteiger charge is 2.13. The second kappa shape index (κ2) is 11.8. The Balaban J connectivity index is 1.57. The molecule has 3 aromatic rings. The van der Waals surface area contributed by atoms with Crippen LogP contribution >= 0.6 is 15.9 Å². The molecule has 3 aromatic carbocycles. The van der Waals surface area contributed by atoms with Crippen LogP contribution in [0.4, 0.5) is 11.4 Å². The predicted octanol–water partition coefficient (Wildman–Crippen LogP) is 4.17. The number of para-hydroxylation sites is 1. The maximum absolute atomic E-state index is 12.2. The van der Waals surface area contributed by atoms with Crippen molar-refractivity contribution in [3.63, 3.8) is 0 Å². The van der Waals surface area contributed by atoms with Crippen molar-refractivity contribution in [3.8, 4) is 5.75 Å². The van der Waals surface area contributed by atoms with E-state index < -0.39 is 11.8 Å². The lowest BCUT2D eigenvalue weighted by atomic mass is 10.1. The number of anilines is 2. The van der Waals surface area contributed by atoms with Gasteiger partial charge in [0.25, 0.3) is 5.91 Å². The van der Waals surface area contributed by atoms with Crippen molar-refractivity contribution >= 4 is 51.2 Å². The SMILES string of the molecule is Cc1ccc(NC(=O)C(=O)N/N=C\c2cc(Br)ccc2OCC(=O)Nc2ccccc2)cc1C. The maximum atomic E-state index is 12.2. The van der Waals surface area contributed by atoms with Gasteiger partial charge in [0.2, 0.25) is 0 Å². The van der Waals surface area contributed by atoms with Crippen LogP contribution in [-0.2, 0) is 14.4 Å². The van der Waals surface area contributed by atoms with Crippen LogP contribution in [0.15, 0.2) is 76.3 Å². The number of amides is 3. The molecular weight excluding hydrogens is 500 g/mol. The van der Waals surface area contributed by atoms with Gasteiger partial charge >= 0.3 is 11.8 Å². The van der Waals surface area contributed by atoms with Gasteiger partial charge in [-0.3, -0.25) is 14.4 Å². The highest BCUT2D eigenvalue weighted by Crippen LogP contribution is 2.22. The molecule has 0 saturated carbocycles. The molecule has 9 heteroatoms. The van der Waals surface area contributed by atoms with Crippen LogP contribution in [0.1, 0.15) is 16.7 Å². The molecule has 0 bridgehead atoms. The molecule has 3 N–H and O–H groups in total. The Hall–Kier alpha value is -3.98. The summed E-state index contributed by atoms with van der Waals surface area (Å²) in [5, 5.41) is 9.11. The average molecular weight is 523 g/mol. The number of nitrogens with one attached hydrogen (secondary N) is 3. The summed E-state index contributed by atoms with van der Waals surface area (Å²) in [5.74, 6) is -1.71. The Kier molecular flexibility index (Phi) is 8.53. The molecule has 34 heavy (non-hydrogen) atoms. The summed E-state index contributed by atoms with van der Waals surface area (Å²) < 4.78 is 6.36. The third-order valence-electron chi connectivity index (χ3n) is 4.73. The first-order chi connectivity index (χ1) is 16.3. The zero-order valence-corrected chi connectivity index (χ0v) is 20.2. The Morgan fingerprint density at radius 1 is 0.882 bits per heavy atom. The van der Waals surface area contributed by atoms with E-state index in [0.29, 0.717) is 22.7 Å². The number of halogens is 1. The molecule has 3 amide bonds. The van der Waals surface area contributed by atoms with E-state index in [4.69, 9.17) is 4.74 Å². The van der Waals surface area contributed by atoms with E-state index in [0.717, 1.165) is 15.6 Å². The third kappa shape index (κ3) is 7.28. The van der Waals surface area contributed by atoms with E-state index in [1.54, 1.807) is 42.5 Å². The Labute approximate surface area is 205 Å². The van der Waals surface area contributed by atoms with Crippen molar-refractivity contribution < 1.29 is 19.1 Å². The molecule has 0 unspecified atom stereocenters. The van der Waals surface area contributed by atoms with Crippen molar-refractivity contribution in [3.05, 3.63) is 87.9 Å². The Morgan fingerprint density at radius 3 is 2.38 bits per heavy atom. The van der Waals surface area contributed by atoms with Gasteiger partial charge in [-0.1, -0.05) is 40.2 Å². The minimum absolute atomic E-state index is 0.220. The lowest BCUT2D eigenvalue weighted by molar-refractivity contribution is -0.136. The molecule has 0 aliphatic carbocycles. The van der Waals surface area contributed by atoms with Crippen LogP contribution in [0.3, 0.4) is 0 Å². The number of nitrogens with zero attached hydrogens (tertiary/aromatic N) is 1. The molecule has 0 aliphatic heterocycles. The zero-order valence-electron chi connectivity index (χ0n) is 18.6. The van der Waals surface area contributed by atoms with Crippen LogP contribution in [0.2, 0.25) is 0 Å².